The Balaban J connectivity index is 1.69. The van der Waals surface area contributed by atoms with Crippen molar-refractivity contribution in [2.24, 2.45) is 0 Å². The fraction of sp³-hybridized carbons (Fsp3) is 0.714. The molecule has 1 aliphatic rings. The van der Waals surface area contributed by atoms with Crippen molar-refractivity contribution in [3.05, 3.63) is 24.2 Å². The number of rotatable bonds is 6. The lowest BCUT2D eigenvalue weighted by atomic mass is 10.0. The lowest BCUT2D eigenvalue weighted by Crippen LogP contribution is -2.46. The number of sulfonamides is 1. The largest absolute Gasteiger partial charge is 0.469 e. The molecule has 1 saturated heterocycles. The van der Waals surface area contributed by atoms with Crippen LogP contribution >= 0.6 is 0 Å². The van der Waals surface area contributed by atoms with Crippen LogP contribution in [0.2, 0.25) is 0 Å². The summed E-state index contributed by atoms with van der Waals surface area (Å²) in [6, 6.07) is 4.74. The van der Waals surface area contributed by atoms with E-state index in [9.17, 15) is 8.42 Å². The minimum Gasteiger partial charge on any atom is -0.469 e. The maximum atomic E-state index is 11.4. The van der Waals surface area contributed by atoms with Gasteiger partial charge in [-0.3, -0.25) is 0 Å². The third kappa shape index (κ3) is 4.61. The summed E-state index contributed by atoms with van der Waals surface area (Å²) in [7, 11) is -3.02. The molecule has 0 saturated carbocycles. The number of hydrogen-bond donors (Lipinski definition) is 1. The molecule has 2 heterocycles. The van der Waals surface area contributed by atoms with Crippen molar-refractivity contribution < 1.29 is 12.8 Å². The molecule has 1 atom stereocenters. The number of furan rings is 1. The van der Waals surface area contributed by atoms with Gasteiger partial charge in [-0.2, -0.15) is 0 Å². The number of nitrogens with zero attached hydrogens (tertiary/aromatic N) is 1. The Labute approximate surface area is 121 Å². The van der Waals surface area contributed by atoms with Gasteiger partial charge in [-0.25, -0.2) is 12.7 Å². The molecule has 0 aromatic carbocycles. The number of hydrogen-bond acceptors (Lipinski definition) is 4. The number of aryl methyl sites for hydroxylation is 1. The summed E-state index contributed by atoms with van der Waals surface area (Å²) in [5.74, 6) is 1.02. The molecular weight excluding hydrogens is 276 g/mol. The van der Waals surface area contributed by atoms with Crippen molar-refractivity contribution in [1.82, 2.24) is 9.62 Å². The molecule has 1 aromatic rings. The monoisotopic (exact) mass is 300 g/mol. The van der Waals surface area contributed by atoms with Crippen LogP contribution in [-0.2, 0) is 16.4 Å². The summed E-state index contributed by atoms with van der Waals surface area (Å²) in [6.45, 7) is 3.43. The van der Waals surface area contributed by atoms with E-state index in [1.54, 1.807) is 10.6 Å². The van der Waals surface area contributed by atoms with Gasteiger partial charge in [0.1, 0.15) is 5.76 Å². The van der Waals surface area contributed by atoms with E-state index in [4.69, 9.17) is 4.42 Å². The summed E-state index contributed by atoms with van der Waals surface area (Å²) in [4.78, 5) is 0. The number of nitrogens with one attached hydrogen (secondary N) is 1. The molecule has 1 aromatic heterocycles. The Morgan fingerprint density at radius 1 is 1.45 bits per heavy atom. The lowest BCUT2D eigenvalue weighted by Gasteiger charge is -2.32. The Bertz CT molecular complexity index is 490. The van der Waals surface area contributed by atoms with Gasteiger partial charge in [0, 0.05) is 31.6 Å². The molecule has 20 heavy (non-hydrogen) atoms. The first-order valence-electron chi connectivity index (χ1n) is 7.18. The second kappa shape index (κ2) is 6.74. The molecule has 0 radical (unpaired) electrons. The minimum absolute atomic E-state index is 0.412. The van der Waals surface area contributed by atoms with Crippen LogP contribution in [0.5, 0.6) is 0 Å². The second-order valence-corrected chi connectivity index (χ2v) is 7.60. The van der Waals surface area contributed by atoms with Gasteiger partial charge in [-0.15, -0.1) is 0 Å². The highest BCUT2D eigenvalue weighted by Gasteiger charge is 2.25. The molecule has 5 nitrogen and oxygen atoms in total. The highest BCUT2D eigenvalue weighted by Crippen LogP contribution is 2.14. The third-order valence-corrected chi connectivity index (χ3v) is 5.15. The SMILES string of the molecule is CC(CCc1ccco1)NC1CCN(S(C)(=O)=O)CC1. The van der Waals surface area contributed by atoms with Gasteiger partial charge in [0.05, 0.1) is 12.5 Å². The molecule has 1 fully saturated rings. The zero-order chi connectivity index (χ0) is 14.6. The highest BCUT2D eigenvalue weighted by atomic mass is 32.2. The first kappa shape index (κ1) is 15.5. The first-order chi connectivity index (χ1) is 9.45. The summed E-state index contributed by atoms with van der Waals surface area (Å²) in [6.07, 6.45) is 6.72. The lowest BCUT2D eigenvalue weighted by molar-refractivity contribution is 0.273. The van der Waals surface area contributed by atoms with Crippen LogP contribution in [0.25, 0.3) is 0 Å². The van der Waals surface area contributed by atoms with Gasteiger partial charge in [0.15, 0.2) is 0 Å². The number of piperidine rings is 1. The van der Waals surface area contributed by atoms with Crippen LogP contribution in [0.15, 0.2) is 22.8 Å². The predicted octanol–water partition coefficient (Wildman–Crippen LogP) is 1.61. The average Bonchev–Trinajstić information content (AvgIpc) is 2.89. The molecule has 0 amide bonds. The Morgan fingerprint density at radius 2 is 2.15 bits per heavy atom. The maximum absolute atomic E-state index is 11.4. The van der Waals surface area contributed by atoms with Gasteiger partial charge in [-0.1, -0.05) is 0 Å². The topological polar surface area (TPSA) is 62.6 Å². The van der Waals surface area contributed by atoms with E-state index in [0.29, 0.717) is 25.2 Å². The van der Waals surface area contributed by atoms with Crippen LogP contribution in [0.4, 0.5) is 0 Å². The molecule has 0 aliphatic carbocycles. The smallest absolute Gasteiger partial charge is 0.211 e. The molecule has 114 valence electrons. The fourth-order valence-corrected chi connectivity index (χ4v) is 3.53. The Hall–Kier alpha value is -0.850. The Morgan fingerprint density at radius 3 is 2.70 bits per heavy atom. The zero-order valence-corrected chi connectivity index (χ0v) is 13.0. The highest BCUT2D eigenvalue weighted by molar-refractivity contribution is 7.88. The zero-order valence-electron chi connectivity index (χ0n) is 12.2. The summed E-state index contributed by atoms with van der Waals surface area (Å²) in [5, 5.41) is 3.59. The van der Waals surface area contributed by atoms with E-state index in [0.717, 1.165) is 31.4 Å². The molecule has 1 unspecified atom stereocenters. The van der Waals surface area contributed by atoms with Crippen molar-refractivity contribution in [3.63, 3.8) is 0 Å². The molecular formula is C14H24N2O3S. The first-order valence-corrected chi connectivity index (χ1v) is 9.03. The van der Waals surface area contributed by atoms with Crippen molar-refractivity contribution in [1.29, 1.82) is 0 Å². The van der Waals surface area contributed by atoms with Crippen molar-refractivity contribution >= 4 is 10.0 Å². The van der Waals surface area contributed by atoms with Gasteiger partial charge in [0.2, 0.25) is 10.0 Å². The van der Waals surface area contributed by atoms with Crippen molar-refractivity contribution in [2.45, 2.75) is 44.7 Å². The molecule has 6 heteroatoms. The van der Waals surface area contributed by atoms with E-state index in [1.807, 2.05) is 12.1 Å². The van der Waals surface area contributed by atoms with Crippen molar-refractivity contribution in [3.8, 4) is 0 Å². The quantitative estimate of drug-likeness (QED) is 0.867. The molecule has 0 spiro atoms. The van der Waals surface area contributed by atoms with Crippen LogP contribution in [-0.4, -0.2) is 44.2 Å². The van der Waals surface area contributed by atoms with Gasteiger partial charge >= 0.3 is 0 Å². The van der Waals surface area contributed by atoms with Gasteiger partial charge < -0.3 is 9.73 Å². The second-order valence-electron chi connectivity index (χ2n) is 5.62. The third-order valence-electron chi connectivity index (χ3n) is 3.85. The fourth-order valence-electron chi connectivity index (χ4n) is 2.65. The summed E-state index contributed by atoms with van der Waals surface area (Å²) in [5.41, 5.74) is 0. The predicted molar refractivity (Wildman–Crippen MR) is 79.1 cm³/mol. The van der Waals surface area contributed by atoms with E-state index in [2.05, 4.69) is 12.2 Å². The van der Waals surface area contributed by atoms with Crippen LogP contribution in [0.1, 0.15) is 31.9 Å². The van der Waals surface area contributed by atoms with Crippen LogP contribution < -0.4 is 5.32 Å². The Kier molecular flexibility index (Phi) is 5.23. The average molecular weight is 300 g/mol. The minimum atomic E-state index is -3.02. The van der Waals surface area contributed by atoms with Crippen LogP contribution in [0.3, 0.4) is 0 Å². The van der Waals surface area contributed by atoms with Crippen molar-refractivity contribution in [2.75, 3.05) is 19.3 Å². The van der Waals surface area contributed by atoms with E-state index in [1.165, 1.54) is 6.26 Å². The van der Waals surface area contributed by atoms with E-state index in [-0.39, 0.29) is 0 Å². The molecule has 1 N–H and O–H groups in total. The molecule has 0 bridgehead atoms. The molecule has 2 rings (SSSR count). The van der Waals surface area contributed by atoms with E-state index >= 15 is 0 Å². The normalized spacial score (nSPS) is 20.1. The van der Waals surface area contributed by atoms with E-state index < -0.39 is 10.0 Å². The summed E-state index contributed by atoms with van der Waals surface area (Å²) < 4.78 is 29.8. The molecule has 1 aliphatic heterocycles. The maximum Gasteiger partial charge on any atom is 0.211 e. The summed E-state index contributed by atoms with van der Waals surface area (Å²) >= 11 is 0. The van der Waals surface area contributed by atoms with Gasteiger partial charge in [0.25, 0.3) is 0 Å². The van der Waals surface area contributed by atoms with Gasteiger partial charge in [-0.05, 0) is 38.3 Å². The van der Waals surface area contributed by atoms with Crippen LogP contribution in [0, 0.1) is 0 Å². The standard InChI is InChI=1S/C14H24N2O3S/c1-12(5-6-14-4-3-11-19-14)15-13-7-9-16(10-8-13)20(2,17)18/h3-4,11-13,15H,5-10H2,1-2H3.